The highest BCUT2D eigenvalue weighted by Crippen LogP contribution is 1.97. The molecular formula is C19H30. The average molecular weight is 258 g/mol. The van der Waals surface area contributed by atoms with Crippen LogP contribution in [0.15, 0.2) is 66.8 Å². The zero-order valence-electron chi connectivity index (χ0n) is 13.3. The minimum atomic E-state index is 1.13. The van der Waals surface area contributed by atoms with E-state index in [0.717, 1.165) is 6.42 Å². The Hall–Kier alpha value is -1.56. The molecule has 0 unspecified atom stereocenters. The highest BCUT2D eigenvalue weighted by atomic mass is 13.8. The predicted molar refractivity (Wildman–Crippen MR) is 90.5 cm³/mol. The molecule has 1 rings (SSSR count). The SMILES string of the molecule is C=C/C=C\C=C(/C)CC.CCC.Cc1ccccc1. The Balaban J connectivity index is 0. The van der Waals surface area contributed by atoms with Gasteiger partial charge in [0, 0.05) is 0 Å². The molecule has 1 aromatic rings. The van der Waals surface area contributed by atoms with Gasteiger partial charge in [0.2, 0.25) is 0 Å². The summed E-state index contributed by atoms with van der Waals surface area (Å²) in [6.07, 6.45) is 10.2. The van der Waals surface area contributed by atoms with Gasteiger partial charge in [0.15, 0.2) is 0 Å². The molecule has 0 bridgehead atoms. The lowest BCUT2D eigenvalue weighted by atomic mass is 10.2. The van der Waals surface area contributed by atoms with Gasteiger partial charge in [0.1, 0.15) is 0 Å². The van der Waals surface area contributed by atoms with Crippen LogP contribution in [0.5, 0.6) is 0 Å². The van der Waals surface area contributed by atoms with E-state index >= 15 is 0 Å². The van der Waals surface area contributed by atoms with E-state index < -0.39 is 0 Å². The van der Waals surface area contributed by atoms with Crippen LogP contribution in [-0.4, -0.2) is 0 Å². The maximum absolute atomic E-state index is 3.57. The van der Waals surface area contributed by atoms with Crippen LogP contribution in [-0.2, 0) is 0 Å². The van der Waals surface area contributed by atoms with Crippen molar-refractivity contribution in [3.8, 4) is 0 Å². The second-order valence-electron chi connectivity index (χ2n) is 4.35. The zero-order valence-corrected chi connectivity index (χ0v) is 13.3. The fourth-order valence-electron chi connectivity index (χ4n) is 0.951. The standard InChI is InChI=1S/C9H14.C7H8.C3H8/c1-4-6-7-8-9(3)5-2;1-7-5-3-2-4-6-7;1-3-2/h4,6-8H,1,5H2,2-3H3;2-6H,1H3;3H2,1-2H3/b7-6-,9-8+;;. The lowest BCUT2D eigenvalue weighted by Crippen LogP contribution is -1.66. The molecule has 0 aromatic heterocycles. The Labute approximate surface area is 120 Å². The number of aryl methyl sites for hydroxylation is 1. The fraction of sp³-hybridized carbons (Fsp3) is 0.368. The highest BCUT2D eigenvalue weighted by molar-refractivity contribution is 5.13. The molecule has 0 saturated heterocycles. The number of hydrogen-bond donors (Lipinski definition) is 0. The minimum absolute atomic E-state index is 1.13. The Morgan fingerprint density at radius 3 is 1.89 bits per heavy atom. The summed E-state index contributed by atoms with van der Waals surface area (Å²) in [4.78, 5) is 0. The molecule has 106 valence electrons. The van der Waals surface area contributed by atoms with Crippen LogP contribution >= 0.6 is 0 Å². The van der Waals surface area contributed by atoms with E-state index in [4.69, 9.17) is 0 Å². The molecule has 0 saturated carbocycles. The third kappa shape index (κ3) is 19.0. The molecule has 0 fully saturated rings. The van der Waals surface area contributed by atoms with Crippen LogP contribution in [0.3, 0.4) is 0 Å². The number of rotatable bonds is 3. The topological polar surface area (TPSA) is 0 Å². The van der Waals surface area contributed by atoms with Crippen LogP contribution < -0.4 is 0 Å². The predicted octanol–water partition coefficient (Wildman–Crippen LogP) is 6.50. The first kappa shape index (κ1) is 19.8. The Morgan fingerprint density at radius 2 is 1.58 bits per heavy atom. The van der Waals surface area contributed by atoms with Gasteiger partial charge in [-0.05, 0) is 20.3 Å². The quantitative estimate of drug-likeness (QED) is 0.543. The summed E-state index contributed by atoms with van der Waals surface area (Å²) in [7, 11) is 0. The molecule has 0 N–H and O–H groups in total. The van der Waals surface area contributed by atoms with Crippen molar-refractivity contribution >= 4 is 0 Å². The van der Waals surface area contributed by atoms with Crippen molar-refractivity contribution in [2.75, 3.05) is 0 Å². The van der Waals surface area contributed by atoms with Crippen molar-refractivity contribution in [3.05, 3.63) is 72.4 Å². The Kier molecular flexibility index (Phi) is 17.1. The van der Waals surface area contributed by atoms with E-state index in [9.17, 15) is 0 Å². The monoisotopic (exact) mass is 258 g/mol. The minimum Gasteiger partial charge on any atom is -0.0991 e. The van der Waals surface area contributed by atoms with Crippen molar-refractivity contribution < 1.29 is 0 Å². The van der Waals surface area contributed by atoms with Gasteiger partial charge >= 0.3 is 0 Å². The molecule has 0 spiro atoms. The number of allylic oxidation sites excluding steroid dienone is 5. The van der Waals surface area contributed by atoms with E-state index in [-0.39, 0.29) is 0 Å². The van der Waals surface area contributed by atoms with Gasteiger partial charge in [0.25, 0.3) is 0 Å². The average Bonchev–Trinajstić information content (AvgIpc) is 2.41. The fourth-order valence-corrected chi connectivity index (χ4v) is 0.951. The molecule has 0 radical (unpaired) electrons. The third-order valence-electron chi connectivity index (χ3n) is 2.13. The molecule has 0 aliphatic heterocycles. The van der Waals surface area contributed by atoms with Crippen molar-refractivity contribution in [3.63, 3.8) is 0 Å². The Morgan fingerprint density at radius 1 is 1.05 bits per heavy atom. The summed E-state index contributed by atoms with van der Waals surface area (Å²) in [5, 5.41) is 0. The van der Waals surface area contributed by atoms with Gasteiger partial charge < -0.3 is 0 Å². The van der Waals surface area contributed by atoms with Crippen LogP contribution in [0.25, 0.3) is 0 Å². The normalized spacial score (nSPS) is 10.1. The van der Waals surface area contributed by atoms with Gasteiger partial charge in [-0.3, -0.25) is 0 Å². The second kappa shape index (κ2) is 16.4. The maximum atomic E-state index is 3.57. The van der Waals surface area contributed by atoms with E-state index in [1.165, 1.54) is 17.6 Å². The van der Waals surface area contributed by atoms with Crippen LogP contribution in [0.2, 0.25) is 0 Å². The Bertz CT molecular complexity index is 342. The lowest BCUT2D eigenvalue weighted by molar-refractivity contribution is 1.09. The smallest absolute Gasteiger partial charge is 0.0349 e. The molecule has 0 nitrogen and oxygen atoms in total. The largest absolute Gasteiger partial charge is 0.0991 e. The molecule has 0 aliphatic rings. The van der Waals surface area contributed by atoms with Gasteiger partial charge in [-0.2, -0.15) is 0 Å². The zero-order chi connectivity index (χ0) is 14.9. The number of hydrogen-bond acceptors (Lipinski definition) is 0. The first-order valence-corrected chi connectivity index (χ1v) is 7.08. The summed E-state index contributed by atoms with van der Waals surface area (Å²) in [5.74, 6) is 0. The van der Waals surface area contributed by atoms with Crippen molar-refractivity contribution in [2.24, 2.45) is 0 Å². The summed E-state index contributed by atoms with van der Waals surface area (Å²) >= 11 is 0. The lowest BCUT2D eigenvalue weighted by Gasteiger charge is -1.87. The van der Waals surface area contributed by atoms with E-state index in [1.807, 2.05) is 30.4 Å². The second-order valence-corrected chi connectivity index (χ2v) is 4.35. The van der Waals surface area contributed by atoms with Gasteiger partial charge in [-0.1, -0.05) is 99.5 Å². The molecule has 19 heavy (non-hydrogen) atoms. The highest BCUT2D eigenvalue weighted by Gasteiger charge is 1.76. The third-order valence-corrected chi connectivity index (χ3v) is 2.13. The first-order valence-electron chi connectivity index (χ1n) is 7.08. The summed E-state index contributed by atoms with van der Waals surface area (Å²) in [6.45, 7) is 14.2. The molecular weight excluding hydrogens is 228 g/mol. The van der Waals surface area contributed by atoms with Crippen LogP contribution in [0.4, 0.5) is 0 Å². The molecule has 0 aliphatic carbocycles. The maximum Gasteiger partial charge on any atom is -0.0349 e. The van der Waals surface area contributed by atoms with Crippen molar-refractivity contribution in [2.45, 2.75) is 47.5 Å². The van der Waals surface area contributed by atoms with Gasteiger partial charge in [-0.25, -0.2) is 0 Å². The van der Waals surface area contributed by atoms with Gasteiger partial charge in [0.05, 0.1) is 0 Å². The number of benzene rings is 1. The first-order chi connectivity index (χ1) is 9.12. The van der Waals surface area contributed by atoms with Crippen LogP contribution in [0, 0.1) is 6.92 Å². The van der Waals surface area contributed by atoms with E-state index in [2.05, 4.69) is 59.4 Å². The molecule has 0 heteroatoms. The summed E-state index contributed by atoms with van der Waals surface area (Å²) in [6, 6.07) is 10.3. The molecule has 1 aromatic carbocycles. The van der Waals surface area contributed by atoms with Gasteiger partial charge in [-0.15, -0.1) is 0 Å². The molecule has 0 heterocycles. The molecule has 0 amide bonds. The van der Waals surface area contributed by atoms with Crippen LogP contribution in [0.1, 0.15) is 46.1 Å². The summed E-state index contributed by atoms with van der Waals surface area (Å²) < 4.78 is 0. The molecule has 0 atom stereocenters. The van der Waals surface area contributed by atoms with Crippen molar-refractivity contribution in [1.82, 2.24) is 0 Å². The van der Waals surface area contributed by atoms with E-state index in [1.54, 1.807) is 6.08 Å². The van der Waals surface area contributed by atoms with Crippen molar-refractivity contribution in [1.29, 1.82) is 0 Å². The van der Waals surface area contributed by atoms with E-state index in [0.29, 0.717) is 0 Å². The summed E-state index contributed by atoms with van der Waals surface area (Å²) in [5.41, 5.74) is 2.72.